The fourth-order valence-corrected chi connectivity index (χ4v) is 3.04. The Bertz CT molecular complexity index is 771. The minimum absolute atomic E-state index is 0.0945. The smallest absolute Gasteiger partial charge is 0.351 e. The summed E-state index contributed by atoms with van der Waals surface area (Å²) < 4.78 is 38.2. The normalized spacial score (nSPS) is 12.3. The molecule has 1 N–H and O–H groups in total. The predicted octanol–water partition coefficient (Wildman–Crippen LogP) is 4.16. The van der Waals surface area contributed by atoms with Crippen molar-refractivity contribution in [3.8, 4) is 0 Å². The van der Waals surface area contributed by atoms with E-state index in [1.165, 1.54) is 0 Å². The second kappa shape index (κ2) is 8.28. The number of carbonyl (C=O) groups is 1. The number of alkyl halides is 3. The van der Waals surface area contributed by atoms with E-state index in [0.29, 0.717) is 16.6 Å². The lowest BCUT2D eigenvalue weighted by atomic mass is 10.0. The van der Waals surface area contributed by atoms with Gasteiger partial charge in [0, 0.05) is 24.0 Å². The van der Waals surface area contributed by atoms with E-state index < -0.39 is 11.9 Å². The molecule has 2 aromatic rings. The van der Waals surface area contributed by atoms with Crippen LogP contribution >= 0.6 is 11.8 Å². The SMILES string of the molecule is CC(C)c1cc(C(=O)NCCSCC(F)(F)F)c2cnn(C(C)C)c2n1. The fourth-order valence-electron chi connectivity index (χ4n) is 2.42. The van der Waals surface area contributed by atoms with Crippen LogP contribution in [0.3, 0.4) is 0 Å². The average molecular weight is 388 g/mol. The number of carbonyl (C=O) groups excluding carboxylic acids is 1. The summed E-state index contributed by atoms with van der Waals surface area (Å²) in [6, 6.07) is 1.83. The van der Waals surface area contributed by atoms with E-state index in [2.05, 4.69) is 15.4 Å². The van der Waals surface area contributed by atoms with E-state index in [1.807, 2.05) is 27.7 Å². The van der Waals surface area contributed by atoms with Crippen LogP contribution in [-0.2, 0) is 0 Å². The van der Waals surface area contributed by atoms with E-state index >= 15 is 0 Å². The van der Waals surface area contributed by atoms with Crippen molar-refractivity contribution in [2.45, 2.75) is 45.8 Å². The zero-order valence-corrected chi connectivity index (χ0v) is 16.0. The molecule has 2 aromatic heterocycles. The summed E-state index contributed by atoms with van der Waals surface area (Å²) in [5, 5.41) is 7.65. The van der Waals surface area contributed by atoms with Gasteiger partial charge in [-0.05, 0) is 25.8 Å². The number of rotatable bonds is 7. The number of fused-ring (bicyclic) bond motifs is 1. The van der Waals surface area contributed by atoms with Gasteiger partial charge in [-0.2, -0.15) is 30.0 Å². The van der Waals surface area contributed by atoms with Crippen molar-refractivity contribution in [1.29, 1.82) is 0 Å². The first kappa shape index (κ1) is 20.5. The lowest BCUT2D eigenvalue weighted by Crippen LogP contribution is -2.27. The number of nitrogens with zero attached hydrogens (tertiary/aromatic N) is 3. The molecule has 2 heterocycles. The van der Waals surface area contributed by atoms with Crippen LogP contribution in [0, 0.1) is 0 Å². The maximum Gasteiger partial charge on any atom is 0.397 e. The molecule has 5 nitrogen and oxygen atoms in total. The van der Waals surface area contributed by atoms with Crippen LogP contribution in [0.4, 0.5) is 13.2 Å². The van der Waals surface area contributed by atoms with Crippen LogP contribution in [0.25, 0.3) is 11.0 Å². The van der Waals surface area contributed by atoms with Crippen molar-refractivity contribution in [2.24, 2.45) is 0 Å². The standard InChI is InChI=1S/C17H23F3N4OS/c1-10(2)14-7-12(13-8-22-24(11(3)4)15(13)23-14)16(25)21-5-6-26-9-17(18,19)20/h7-8,10-11H,5-6,9H2,1-4H3,(H,21,25). The van der Waals surface area contributed by atoms with Gasteiger partial charge < -0.3 is 5.32 Å². The molecule has 26 heavy (non-hydrogen) atoms. The quantitative estimate of drug-likeness (QED) is 0.724. The van der Waals surface area contributed by atoms with E-state index in [4.69, 9.17) is 0 Å². The minimum atomic E-state index is -4.19. The molecule has 9 heteroatoms. The molecule has 0 unspecified atom stereocenters. The molecule has 2 rings (SSSR count). The van der Waals surface area contributed by atoms with Crippen molar-refractivity contribution in [3.63, 3.8) is 0 Å². The predicted molar refractivity (Wildman–Crippen MR) is 97.7 cm³/mol. The van der Waals surface area contributed by atoms with Crippen LogP contribution in [0.15, 0.2) is 12.3 Å². The highest BCUT2D eigenvalue weighted by Crippen LogP contribution is 2.24. The zero-order chi connectivity index (χ0) is 19.5. The highest BCUT2D eigenvalue weighted by molar-refractivity contribution is 7.99. The minimum Gasteiger partial charge on any atom is -0.351 e. The molecule has 0 aliphatic rings. The van der Waals surface area contributed by atoms with Gasteiger partial charge in [0.05, 0.1) is 22.9 Å². The lowest BCUT2D eigenvalue weighted by molar-refractivity contribution is -0.105. The summed E-state index contributed by atoms with van der Waals surface area (Å²) in [6.07, 6.45) is -2.58. The number of pyridine rings is 1. The summed E-state index contributed by atoms with van der Waals surface area (Å²) >= 11 is 0.749. The highest BCUT2D eigenvalue weighted by atomic mass is 32.2. The Labute approximate surface area is 154 Å². The molecule has 0 radical (unpaired) electrons. The lowest BCUT2D eigenvalue weighted by Gasteiger charge is -2.12. The number of thioether (sulfide) groups is 1. The van der Waals surface area contributed by atoms with E-state index in [9.17, 15) is 18.0 Å². The zero-order valence-electron chi connectivity index (χ0n) is 15.2. The van der Waals surface area contributed by atoms with Crippen LogP contribution in [0.5, 0.6) is 0 Å². The first-order valence-electron chi connectivity index (χ1n) is 8.41. The molecule has 0 saturated heterocycles. The number of aromatic nitrogens is 3. The van der Waals surface area contributed by atoms with Gasteiger partial charge in [-0.1, -0.05) is 13.8 Å². The second-order valence-electron chi connectivity index (χ2n) is 6.59. The maximum atomic E-state index is 12.6. The summed E-state index contributed by atoms with van der Waals surface area (Å²) in [5.41, 5.74) is 1.87. The van der Waals surface area contributed by atoms with Gasteiger partial charge in [-0.15, -0.1) is 0 Å². The van der Waals surface area contributed by atoms with Gasteiger partial charge in [0.1, 0.15) is 0 Å². The summed E-state index contributed by atoms with van der Waals surface area (Å²) in [4.78, 5) is 17.2. The largest absolute Gasteiger partial charge is 0.397 e. The molecule has 0 saturated carbocycles. The Morgan fingerprint density at radius 1 is 1.31 bits per heavy atom. The van der Waals surface area contributed by atoms with Crippen molar-refractivity contribution in [2.75, 3.05) is 18.1 Å². The summed E-state index contributed by atoms with van der Waals surface area (Å²) in [5.74, 6) is -0.915. The monoisotopic (exact) mass is 388 g/mol. The van der Waals surface area contributed by atoms with Gasteiger partial charge in [0.25, 0.3) is 5.91 Å². The third-order valence-electron chi connectivity index (χ3n) is 3.71. The third kappa shape index (κ3) is 5.12. The molecule has 0 aromatic carbocycles. The van der Waals surface area contributed by atoms with Crippen LogP contribution < -0.4 is 5.32 Å². The molecule has 1 amide bonds. The molecule has 0 fully saturated rings. The van der Waals surface area contributed by atoms with Crippen LogP contribution in [0.1, 0.15) is 55.7 Å². The molecule has 0 bridgehead atoms. The van der Waals surface area contributed by atoms with Crippen LogP contribution in [-0.4, -0.2) is 44.9 Å². The molecule has 144 valence electrons. The molecule has 0 atom stereocenters. The topological polar surface area (TPSA) is 59.8 Å². The molecule has 0 aliphatic carbocycles. The summed E-state index contributed by atoms with van der Waals surface area (Å²) in [7, 11) is 0. The van der Waals surface area contributed by atoms with Crippen molar-refractivity contribution in [1.82, 2.24) is 20.1 Å². The van der Waals surface area contributed by atoms with Crippen molar-refractivity contribution in [3.05, 3.63) is 23.5 Å². The molecular weight excluding hydrogens is 365 g/mol. The van der Waals surface area contributed by atoms with Gasteiger partial charge in [-0.25, -0.2) is 9.67 Å². The van der Waals surface area contributed by atoms with Crippen LogP contribution in [0.2, 0.25) is 0 Å². The Balaban J connectivity index is 2.18. The molecule has 0 spiro atoms. The van der Waals surface area contributed by atoms with E-state index in [1.54, 1.807) is 16.9 Å². The van der Waals surface area contributed by atoms with Crippen molar-refractivity contribution >= 4 is 28.7 Å². The number of halogens is 3. The first-order valence-corrected chi connectivity index (χ1v) is 9.56. The van der Waals surface area contributed by atoms with E-state index in [0.717, 1.165) is 17.5 Å². The van der Waals surface area contributed by atoms with Gasteiger partial charge in [-0.3, -0.25) is 4.79 Å². The average Bonchev–Trinajstić information content (AvgIpc) is 2.96. The number of hydrogen-bond acceptors (Lipinski definition) is 4. The second-order valence-corrected chi connectivity index (χ2v) is 7.70. The van der Waals surface area contributed by atoms with E-state index in [-0.39, 0.29) is 30.2 Å². The van der Waals surface area contributed by atoms with Crippen molar-refractivity contribution < 1.29 is 18.0 Å². The van der Waals surface area contributed by atoms with Gasteiger partial charge >= 0.3 is 6.18 Å². The Morgan fingerprint density at radius 2 is 2.00 bits per heavy atom. The Kier molecular flexibility index (Phi) is 6.54. The van der Waals surface area contributed by atoms with Gasteiger partial charge in [0.15, 0.2) is 5.65 Å². The molecular formula is C17H23F3N4OS. The first-order chi connectivity index (χ1) is 12.1. The highest BCUT2D eigenvalue weighted by Gasteiger charge is 2.26. The number of hydrogen-bond donors (Lipinski definition) is 1. The Morgan fingerprint density at radius 3 is 2.58 bits per heavy atom. The number of nitrogens with one attached hydrogen (secondary N) is 1. The molecule has 0 aliphatic heterocycles. The number of amides is 1. The van der Waals surface area contributed by atoms with Gasteiger partial charge in [0.2, 0.25) is 0 Å². The fraction of sp³-hybridized carbons (Fsp3) is 0.588. The third-order valence-corrected chi connectivity index (χ3v) is 4.73. The Hall–Kier alpha value is -1.77. The maximum absolute atomic E-state index is 12.6. The summed E-state index contributed by atoms with van der Waals surface area (Å²) in [6.45, 7) is 8.10.